The van der Waals surface area contributed by atoms with Gasteiger partial charge in [0, 0.05) is 0 Å². The fraction of sp³-hybridized carbons (Fsp3) is 0.100. The number of benzene rings is 1. The van der Waals surface area contributed by atoms with E-state index in [1.165, 1.54) is 0 Å². The third kappa shape index (κ3) is 5.25. The molecule has 1 unspecified atom stereocenters. The molecule has 0 aliphatic heterocycles. The molecule has 0 aliphatic carbocycles. The smallest absolute Gasteiger partial charge is 0.384 e. The summed E-state index contributed by atoms with van der Waals surface area (Å²) < 4.78 is 0. The van der Waals surface area contributed by atoms with Crippen LogP contribution in [-0.2, 0) is 22.7 Å². The predicted molar refractivity (Wildman–Crippen MR) is 88.4 cm³/mol. The van der Waals surface area contributed by atoms with E-state index < -0.39 is 5.60 Å². The summed E-state index contributed by atoms with van der Waals surface area (Å²) in [5, 5.41) is 19.5. The molecular formula is C20H18FeO2. The Labute approximate surface area is 147 Å². The third-order valence-electron chi connectivity index (χ3n) is 3.18. The van der Waals surface area contributed by atoms with Crippen LogP contribution < -0.4 is 0 Å². The van der Waals surface area contributed by atoms with E-state index in [2.05, 4.69) is 11.8 Å². The van der Waals surface area contributed by atoms with Gasteiger partial charge >= 0.3 is 17.1 Å². The third-order valence-corrected chi connectivity index (χ3v) is 3.18. The average molecular weight is 346 g/mol. The van der Waals surface area contributed by atoms with Gasteiger partial charge in [0.15, 0.2) is 5.60 Å². The Balaban J connectivity index is 0.000000377. The Morgan fingerprint density at radius 3 is 2.09 bits per heavy atom. The first-order valence-electron chi connectivity index (χ1n) is 7.05. The molecule has 0 radical (unpaired) electrons. The Kier molecular flexibility index (Phi) is 8.11. The van der Waals surface area contributed by atoms with Crippen molar-refractivity contribution in [3.63, 3.8) is 0 Å². The zero-order chi connectivity index (χ0) is 15.7. The minimum atomic E-state index is -1.35. The zero-order valence-corrected chi connectivity index (χ0v) is 13.6. The van der Waals surface area contributed by atoms with Gasteiger partial charge in [0.25, 0.3) is 0 Å². The summed E-state index contributed by atoms with van der Waals surface area (Å²) in [7, 11) is 0. The normalized spacial score (nSPS) is 11.7. The SMILES string of the molecule is OCC#CC(O)(c1ccccc1)c1ccc[cH-]1.[Fe+2].c1cc[cH-]c1. The van der Waals surface area contributed by atoms with Crippen molar-refractivity contribution >= 4 is 0 Å². The molecule has 3 rings (SSSR count). The van der Waals surface area contributed by atoms with E-state index in [9.17, 15) is 5.11 Å². The molecular weight excluding hydrogens is 328 g/mol. The van der Waals surface area contributed by atoms with Crippen LogP contribution in [0.25, 0.3) is 0 Å². The molecule has 2 N–H and O–H groups in total. The van der Waals surface area contributed by atoms with Gasteiger partial charge in [-0.3, -0.25) is 0 Å². The molecule has 2 nitrogen and oxygen atoms in total. The van der Waals surface area contributed by atoms with Crippen LogP contribution in [-0.4, -0.2) is 16.8 Å². The summed E-state index contributed by atoms with van der Waals surface area (Å²) in [4.78, 5) is 0. The average Bonchev–Trinajstić information content (AvgIpc) is 3.29. The summed E-state index contributed by atoms with van der Waals surface area (Å²) in [5.41, 5.74) is 0.0600. The van der Waals surface area contributed by atoms with Crippen molar-refractivity contribution in [2.24, 2.45) is 0 Å². The maximum Gasteiger partial charge on any atom is 2.00 e. The molecule has 0 aromatic heterocycles. The van der Waals surface area contributed by atoms with Crippen LogP contribution in [0.3, 0.4) is 0 Å². The second-order valence-electron chi connectivity index (χ2n) is 4.67. The summed E-state index contributed by atoms with van der Waals surface area (Å²) in [5.74, 6) is 5.25. The second kappa shape index (κ2) is 9.84. The molecule has 0 bridgehead atoms. The summed E-state index contributed by atoms with van der Waals surface area (Å²) in [6.07, 6.45) is 0. The molecule has 3 aromatic rings. The number of rotatable bonds is 2. The molecule has 0 saturated heterocycles. The van der Waals surface area contributed by atoms with Crippen LogP contribution in [0.5, 0.6) is 0 Å². The minimum absolute atomic E-state index is 0. The number of hydrogen-bond donors (Lipinski definition) is 2. The largest absolute Gasteiger partial charge is 2.00 e. The molecule has 0 saturated carbocycles. The molecule has 0 fully saturated rings. The van der Waals surface area contributed by atoms with Gasteiger partial charge in [-0.05, 0) is 5.56 Å². The van der Waals surface area contributed by atoms with E-state index in [0.29, 0.717) is 11.1 Å². The second-order valence-corrected chi connectivity index (χ2v) is 4.67. The van der Waals surface area contributed by atoms with Crippen LogP contribution in [0.1, 0.15) is 11.1 Å². The van der Waals surface area contributed by atoms with Gasteiger partial charge in [-0.15, -0.1) is 5.56 Å². The summed E-state index contributed by atoms with van der Waals surface area (Å²) >= 11 is 0. The topological polar surface area (TPSA) is 40.5 Å². The predicted octanol–water partition coefficient (Wildman–Crippen LogP) is 3.04. The van der Waals surface area contributed by atoms with Gasteiger partial charge in [-0.2, -0.15) is 30.3 Å². The number of hydrogen-bond acceptors (Lipinski definition) is 2. The minimum Gasteiger partial charge on any atom is -0.384 e. The molecule has 3 heteroatoms. The Bertz CT molecular complexity index is 674. The van der Waals surface area contributed by atoms with Crippen molar-refractivity contribution in [2.75, 3.05) is 6.61 Å². The van der Waals surface area contributed by atoms with Crippen LogP contribution in [0, 0.1) is 11.8 Å². The van der Waals surface area contributed by atoms with Crippen molar-refractivity contribution in [1.82, 2.24) is 0 Å². The molecule has 23 heavy (non-hydrogen) atoms. The van der Waals surface area contributed by atoms with Gasteiger partial charge < -0.3 is 10.2 Å². The Morgan fingerprint density at radius 1 is 0.913 bits per heavy atom. The fourth-order valence-corrected chi connectivity index (χ4v) is 2.09. The van der Waals surface area contributed by atoms with Crippen molar-refractivity contribution in [3.8, 4) is 11.8 Å². The summed E-state index contributed by atoms with van der Waals surface area (Å²) in [6, 6.07) is 26.6. The maximum atomic E-state index is 10.7. The molecule has 3 aromatic carbocycles. The fourth-order valence-electron chi connectivity index (χ4n) is 2.09. The molecule has 0 aliphatic rings. The first-order chi connectivity index (χ1) is 10.8. The van der Waals surface area contributed by atoms with E-state index in [4.69, 9.17) is 5.11 Å². The molecule has 118 valence electrons. The standard InChI is InChI=1S/C15H13O2.C5H5.Fe/c16-12-6-11-15(17,14-9-4-5-10-14)13-7-2-1-3-8-13;1-2-4-5-3-1;/h1-5,7-10,16-17H,12H2;1-5H;/q2*-1;+2. The van der Waals surface area contributed by atoms with E-state index in [1.807, 2.05) is 84.9 Å². The zero-order valence-electron chi connectivity index (χ0n) is 12.5. The van der Waals surface area contributed by atoms with Gasteiger partial charge in [0.2, 0.25) is 0 Å². The maximum absolute atomic E-state index is 10.7. The van der Waals surface area contributed by atoms with E-state index in [0.717, 1.165) is 0 Å². The van der Waals surface area contributed by atoms with Gasteiger partial charge in [0.05, 0.1) is 0 Å². The first-order valence-corrected chi connectivity index (χ1v) is 7.05. The van der Waals surface area contributed by atoms with Gasteiger partial charge in [-0.1, -0.05) is 42.2 Å². The monoisotopic (exact) mass is 346 g/mol. The van der Waals surface area contributed by atoms with Gasteiger partial charge in [-0.25, -0.2) is 24.3 Å². The Morgan fingerprint density at radius 2 is 1.61 bits per heavy atom. The van der Waals surface area contributed by atoms with Crippen molar-refractivity contribution in [3.05, 3.63) is 96.1 Å². The van der Waals surface area contributed by atoms with Crippen molar-refractivity contribution in [2.45, 2.75) is 5.60 Å². The van der Waals surface area contributed by atoms with Crippen molar-refractivity contribution in [1.29, 1.82) is 0 Å². The molecule has 0 spiro atoms. The van der Waals surface area contributed by atoms with Crippen LogP contribution in [0.4, 0.5) is 0 Å². The first kappa shape index (κ1) is 19.0. The van der Waals surface area contributed by atoms with E-state index in [-0.39, 0.29) is 23.7 Å². The number of aliphatic hydroxyl groups excluding tert-OH is 1. The van der Waals surface area contributed by atoms with E-state index in [1.54, 1.807) is 0 Å². The Hall–Kier alpha value is -2.08. The number of aliphatic hydroxyl groups is 2. The summed E-state index contributed by atoms with van der Waals surface area (Å²) in [6.45, 7) is -0.268. The quantitative estimate of drug-likeness (QED) is 0.425. The van der Waals surface area contributed by atoms with Gasteiger partial charge in [0.1, 0.15) is 6.61 Å². The van der Waals surface area contributed by atoms with Crippen molar-refractivity contribution < 1.29 is 27.3 Å². The van der Waals surface area contributed by atoms with Crippen LogP contribution in [0.15, 0.2) is 84.9 Å². The van der Waals surface area contributed by atoms with Crippen LogP contribution >= 0.6 is 0 Å². The molecule has 1 atom stereocenters. The van der Waals surface area contributed by atoms with Crippen LogP contribution in [0.2, 0.25) is 0 Å². The molecule has 0 heterocycles. The van der Waals surface area contributed by atoms with E-state index >= 15 is 0 Å². The molecule has 0 amide bonds.